The van der Waals surface area contributed by atoms with Crippen molar-refractivity contribution in [2.24, 2.45) is 0 Å². The van der Waals surface area contributed by atoms with E-state index in [0.29, 0.717) is 23.9 Å². The molecule has 0 bridgehead atoms. The van der Waals surface area contributed by atoms with Crippen molar-refractivity contribution >= 4 is 39.2 Å². The second-order valence-corrected chi connectivity index (χ2v) is 6.48. The third-order valence-electron chi connectivity index (χ3n) is 3.28. The second kappa shape index (κ2) is 9.88. The fraction of sp³-hybridized carbons (Fsp3) is 0.278. The molecule has 0 atom stereocenters. The van der Waals surface area contributed by atoms with Crippen molar-refractivity contribution in [3.05, 3.63) is 47.1 Å². The van der Waals surface area contributed by atoms with E-state index in [-0.39, 0.29) is 24.9 Å². The summed E-state index contributed by atoms with van der Waals surface area (Å²) in [6.45, 7) is 2.53. The number of benzene rings is 1. The number of hydrogen-bond acceptors (Lipinski definition) is 5. The zero-order valence-corrected chi connectivity index (χ0v) is 16.2. The number of nitrogens with zero attached hydrogens (tertiary/aromatic N) is 2. The van der Waals surface area contributed by atoms with Gasteiger partial charge in [-0.3, -0.25) is 14.5 Å². The number of halogens is 1. The zero-order chi connectivity index (χ0) is 18.9. The molecule has 1 aromatic carbocycles. The fourth-order valence-electron chi connectivity index (χ4n) is 2.22. The van der Waals surface area contributed by atoms with Gasteiger partial charge in [0, 0.05) is 10.7 Å². The SMILES string of the molecule is CCOc1ccccc1NC(=O)CN(C)CC(=O)Nc1ccc(Br)cn1. The Morgan fingerprint density at radius 3 is 2.46 bits per heavy atom. The normalized spacial score (nSPS) is 10.5. The molecule has 138 valence electrons. The van der Waals surface area contributed by atoms with Gasteiger partial charge in [0.25, 0.3) is 0 Å². The fourth-order valence-corrected chi connectivity index (χ4v) is 2.45. The molecule has 2 rings (SSSR count). The molecule has 1 aromatic heterocycles. The maximum Gasteiger partial charge on any atom is 0.239 e. The number of para-hydroxylation sites is 2. The van der Waals surface area contributed by atoms with E-state index in [4.69, 9.17) is 4.74 Å². The zero-order valence-electron chi connectivity index (χ0n) is 14.7. The quantitative estimate of drug-likeness (QED) is 0.685. The molecule has 2 amide bonds. The molecule has 0 saturated carbocycles. The average molecular weight is 421 g/mol. The van der Waals surface area contributed by atoms with E-state index < -0.39 is 0 Å². The molecule has 26 heavy (non-hydrogen) atoms. The number of amides is 2. The summed E-state index contributed by atoms with van der Waals surface area (Å²) in [5.74, 6) is 0.603. The summed E-state index contributed by atoms with van der Waals surface area (Å²) in [6.07, 6.45) is 1.60. The minimum absolute atomic E-state index is 0.0677. The maximum atomic E-state index is 12.2. The monoisotopic (exact) mass is 420 g/mol. The van der Waals surface area contributed by atoms with E-state index in [9.17, 15) is 9.59 Å². The summed E-state index contributed by atoms with van der Waals surface area (Å²) in [7, 11) is 1.70. The largest absolute Gasteiger partial charge is 0.492 e. The molecule has 7 nitrogen and oxygen atoms in total. The summed E-state index contributed by atoms with van der Waals surface area (Å²) in [6, 6.07) is 10.7. The number of carbonyl (C=O) groups excluding carboxylic acids is 2. The van der Waals surface area contributed by atoms with Crippen LogP contribution in [0.25, 0.3) is 0 Å². The number of hydrogen-bond donors (Lipinski definition) is 2. The molecule has 0 saturated heterocycles. The summed E-state index contributed by atoms with van der Waals surface area (Å²) in [5.41, 5.74) is 0.608. The highest BCUT2D eigenvalue weighted by molar-refractivity contribution is 9.10. The second-order valence-electron chi connectivity index (χ2n) is 5.56. The highest BCUT2D eigenvalue weighted by atomic mass is 79.9. The summed E-state index contributed by atoms with van der Waals surface area (Å²) in [5, 5.41) is 5.49. The lowest BCUT2D eigenvalue weighted by Gasteiger charge is -2.17. The number of likely N-dealkylation sites (N-methyl/N-ethyl adjacent to an activating group) is 1. The average Bonchev–Trinajstić information content (AvgIpc) is 2.58. The Labute approximate surface area is 160 Å². The third-order valence-corrected chi connectivity index (χ3v) is 3.75. The van der Waals surface area contributed by atoms with Crippen LogP contribution >= 0.6 is 15.9 Å². The van der Waals surface area contributed by atoms with Gasteiger partial charge in [-0.25, -0.2) is 4.98 Å². The minimum Gasteiger partial charge on any atom is -0.492 e. The van der Waals surface area contributed by atoms with Gasteiger partial charge in [0.1, 0.15) is 11.6 Å². The topological polar surface area (TPSA) is 83.6 Å². The number of aromatic nitrogens is 1. The van der Waals surface area contributed by atoms with Crippen LogP contribution in [0, 0.1) is 0 Å². The Bertz CT molecular complexity index is 752. The van der Waals surface area contributed by atoms with Crippen LogP contribution in [0.1, 0.15) is 6.92 Å². The van der Waals surface area contributed by atoms with E-state index in [1.54, 1.807) is 42.4 Å². The number of nitrogens with one attached hydrogen (secondary N) is 2. The molecule has 0 radical (unpaired) electrons. The van der Waals surface area contributed by atoms with Crippen LogP contribution in [-0.4, -0.2) is 48.4 Å². The minimum atomic E-state index is -0.246. The van der Waals surface area contributed by atoms with Crippen LogP contribution in [0.2, 0.25) is 0 Å². The van der Waals surface area contributed by atoms with Gasteiger partial charge >= 0.3 is 0 Å². The number of rotatable bonds is 8. The summed E-state index contributed by atoms with van der Waals surface area (Å²) in [4.78, 5) is 29.9. The van der Waals surface area contributed by atoms with Crippen molar-refractivity contribution in [3.8, 4) is 5.75 Å². The highest BCUT2D eigenvalue weighted by Gasteiger charge is 2.13. The van der Waals surface area contributed by atoms with Crippen LogP contribution in [-0.2, 0) is 9.59 Å². The lowest BCUT2D eigenvalue weighted by molar-refractivity contribution is -0.119. The maximum absolute atomic E-state index is 12.2. The van der Waals surface area contributed by atoms with Crippen molar-refractivity contribution in [1.82, 2.24) is 9.88 Å². The van der Waals surface area contributed by atoms with Crippen LogP contribution in [0.15, 0.2) is 47.1 Å². The summed E-state index contributed by atoms with van der Waals surface area (Å²) >= 11 is 3.28. The van der Waals surface area contributed by atoms with E-state index in [2.05, 4.69) is 31.5 Å². The lowest BCUT2D eigenvalue weighted by atomic mass is 10.3. The molecule has 0 aliphatic carbocycles. The molecule has 8 heteroatoms. The molecular weight excluding hydrogens is 400 g/mol. The van der Waals surface area contributed by atoms with Crippen LogP contribution in [0.5, 0.6) is 5.75 Å². The highest BCUT2D eigenvalue weighted by Crippen LogP contribution is 2.23. The standard InChI is InChI=1S/C18H21BrN4O3/c1-3-26-15-7-5-4-6-14(15)21-17(24)11-23(2)12-18(25)22-16-9-8-13(19)10-20-16/h4-10H,3,11-12H2,1-2H3,(H,21,24)(H,20,22,25). The molecule has 2 aromatic rings. The van der Waals surface area contributed by atoms with Crippen molar-refractivity contribution in [2.75, 3.05) is 37.4 Å². The Morgan fingerprint density at radius 2 is 1.81 bits per heavy atom. The third kappa shape index (κ3) is 6.45. The Morgan fingerprint density at radius 1 is 1.12 bits per heavy atom. The van der Waals surface area contributed by atoms with Gasteiger partial charge in [-0.1, -0.05) is 12.1 Å². The van der Waals surface area contributed by atoms with E-state index in [1.165, 1.54) is 0 Å². The predicted molar refractivity (Wildman–Crippen MR) is 104 cm³/mol. The summed E-state index contributed by atoms with van der Waals surface area (Å²) < 4.78 is 6.31. The van der Waals surface area contributed by atoms with E-state index in [1.807, 2.05) is 19.1 Å². The van der Waals surface area contributed by atoms with Crippen molar-refractivity contribution < 1.29 is 14.3 Å². The Hall–Kier alpha value is -2.45. The van der Waals surface area contributed by atoms with E-state index >= 15 is 0 Å². The van der Waals surface area contributed by atoms with Gasteiger partial charge in [0.15, 0.2) is 0 Å². The molecule has 0 aliphatic rings. The van der Waals surface area contributed by atoms with Crippen molar-refractivity contribution in [1.29, 1.82) is 0 Å². The Balaban J connectivity index is 1.83. The van der Waals surface area contributed by atoms with Crippen molar-refractivity contribution in [2.45, 2.75) is 6.92 Å². The van der Waals surface area contributed by atoms with Gasteiger partial charge in [-0.2, -0.15) is 0 Å². The van der Waals surface area contributed by atoms with Crippen LogP contribution in [0.4, 0.5) is 11.5 Å². The van der Waals surface area contributed by atoms with Gasteiger partial charge in [0.2, 0.25) is 11.8 Å². The number of pyridine rings is 1. The molecule has 0 unspecified atom stereocenters. The predicted octanol–water partition coefficient (Wildman–Crippen LogP) is 2.75. The first kappa shape index (κ1) is 19.9. The molecule has 0 aliphatic heterocycles. The number of ether oxygens (including phenoxy) is 1. The van der Waals surface area contributed by atoms with Crippen LogP contribution in [0.3, 0.4) is 0 Å². The molecule has 1 heterocycles. The molecule has 0 fully saturated rings. The number of anilines is 2. The number of carbonyl (C=O) groups is 2. The lowest BCUT2D eigenvalue weighted by Crippen LogP contribution is -2.36. The van der Waals surface area contributed by atoms with Crippen LogP contribution < -0.4 is 15.4 Å². The van der Waals surface area contributed by atoms with Crippen molar-refractivity contribution in [3.63, 3.8) is 0 Å². The smallest absolute Gasteiger partial charge is 0.239 e. The first-order valence-corrected chi connectivity index (χ1v) is 8.89. The van der Waals surface area contributed by atoms with Gasteiger partial charge in [-0.05, 0) is 54.2 Å². The molecular formula is C18H21BrN4O3. The molecule has 0 spiro atoms. The van der Waals surface area contributed by atoms with Gasteiger partial charge in [0.05, 0.1) is 25.4 Å². The first-order chi connectivity index (χ1) is 12.5. The van der Waals surface area contributed by atoms with E-state index in [0.717, 1.165) is 4.47 Å². The van der Waals surface area contributed by atoms with Gasteiger partial charge < -0.3 is 15.4 Å². The first-order valence-electron chi connectivity index (χ1n) is 8.09. The Kier molecular flexibility index (Phi) is 7.55. The van der Waals surface area contributed by atoms with Gasteiger partial charge in [-0.15, -0.1) is 0 Å². The molecule has 2 N–H and O–H groups in total.